The maximum Gasteiger partial charge on any atom is 0.0221 e. The highest BCUT2D eigenvalue weighted by atomic mass is 15.2. The van der Waals surface area contributed by atoms with Gasteiger partial charge in [-0.15, -0.1) is 0 Å². The number of nitrogens with zero attached hydrogens (tertiary/aromatic N) is 1. The molecule has 1 unspecified atom stereocenters. The van der Waals surface area contributed by atoms with Crippen LogP contribution in [0, 0.1) is 11.8 Å². The van der Waals surface area contributed by atoms with Crippen LogP contribution < -0.4 is 5.73 Å². The van der Waals surface area contributed by atoms with E-state index in [2.05, 4.69) is 18.7 Å². The standard InChI is InChI=1S/C15H30N2/c1-12(2)13-6-8-14(9-7-13)17-10-4-3-5-15(17)11-16/h12-15H,3-11,16H2,1-2H3. The lowest BCUT2D eigenvalue weighted by atomic mass is 9.78. The molecule has 2 fully saturated rings. The number of nitrogens with two attached hydrogens (primary N) is 1. The Morgan fingerprint density at radius 2 is 1.76 bits per heavy atom. The molecule has 1 aliphatic heterocycles. The molecular formula is C15H30N2. The van der Waals surface area contributed by atoms with Crippen molar-refractivity contribution in [1.29, 1.82) is 0 Å². The predicted octanol–water partition coefficient (Wildman–Crippen LogP) is 3.01. The van der Waals surface area contributed by atoms with E-state index in [-0.39, 0.29) is 0 Å². The molecule has 2 rings (SSSR count). The minimum absolute atomic E-state index is 0.685. The van der Waals surface area contributed by atoms with Gasteiger partial charge in [-0.3, -0.25) is 4.90 Å². The fourth-order valence-electron chi connectivity index (χ4n) is 3.86. The molecule has 0 aromatic heterocycles. The molecule has 0 spiro atoms. The van der Waals surface area contributed by atoms with Crippen LogP contribution in [0.4, 0.5) is 0 Å². The van der Waals surface area contributed by atoms with Crippen molar-refractivity contribution in [3.8, 4) is 0 Å². The molecule has 1 saturated heterocycles. The molecule has 0 aromatic rings. The van der Waals surface area contributed by atoms with Crippen molar-refractivity contribution in [3.05, 3.63) is 0 Å². The normalized spacial score (nSPS) is 36.4. The number of hydrogen-bond acceptors (Lipinski definition) is 2. The molecule has 0 aromatic carbocycles. The van der Waals surface area contributed by atoms with Crippen molar-refractivity contribution in [2.75, 3.05) is 13.1 Å². The van der Waals surface area contributed by atoms with Crippen LogP contribution in [-0.2, 0) is 0 Å². The second-order valence-electron chi connectivity index (χ2n) is 6.44. The van der Waals surface area contributed by atoms with E-state index in [1.54, 1.807) is 0 Å². The van der Waals surface area contributed by atoms with E-state index in [1.165, 1.54) is 51.5 Å². The summed E-state index contributed by atoms with van der Waals surface area (Å²) in [6.07, 6.45) is 9.83. The van der Waals surface area contributed by atoms with Crippen molar-refractivity contribution in [1.82, 2.24) is 4.90 Å². The highest BCUT2D eigenvalue weighted by molar-refractivity contribution is 4.87. The van der Waals surface area contributed by atoms with Gasteiger partial charge in [0.1, 0.15) is 0 Å². The second-order valence-corrected chi connectivity index (χ2v) is 6.44. The zero-order chi connectivity index (χ0) is 12.3. The van der Waals surface area contributed by atoms with Crippen LogP contribution in [-0.4, -0.2) is 30.1 Å². The Bertz CT molecular complexity index is 219. The van der Waals surface area contributed by atoms with Gasteiger partial charge in [0, 0.05) is 18.6 Å². The van der Waals surface area contributed by atoms with Crippen molar-refractivity contribution >= 4 is 0 Å². The number of likely N-dealkylation sites (tertiary alicyclic amines) is 1. The molecule has 2 heteroatoms. The molecule has 100 valence electrons. The van der Waals surface area contributed by atoms with E-state index in [4.69, 9.17) is 5.73 Å². The van der Waals surface area contributed by atoms with Crippen LogP contribution >= 0.6 is 0 Å². The number of hydrogen-bond donors (Lipinski definition) is 1. The van der Waals surface area contributed by atoms with E-state index < -0.39 is 0 Å². The Balaban J connectivity index is 1.86. The Morgan fingerprint density at radius 1 is 1.06 bits per heavy atom. The van der Waals surface area contributed by atoms with E-state index >= 15 is 0 Å². The van der Waals surface area contributed by atoms with Gasteiger partial charge in [-0.05, 0) is 56.9 Å². The van der Waals surface area contributed by atoms with Gasteiger partial charge in [0.15, 0.2) is 0 Å². The summed E-state index contributed by atoms with van der Waals surface area (Å²) in [6, 6.07) is 1.53. The third-order valence-corrected chi connectivity index (χ3v) is 5.10. The lowest BCUT2D eigenvalue weighted by Gasteiger charge is -2.44. The van der Waals surface area contributed by atoms with Gasteiger partial charge in [0.25, 0.3) is 0 Å². The Kier molecular flexibility index (Phi) is 4.87. The van der Waals surface area contributed by atoms with Crippen LogP contribution in [0.3, 0.4) is 0 Å². The minimum atomic E-state index is 0.685. The van der Waals surface area contributed by atoms with E-state index in [0.717, 1.165) is 24.4 Å². The average molecular weight is 238 g/mol. The van der Waals surface area contributed by atoms with E-state index in [0.29, 0.717) is 6.04 Å². The largest absolute Gasteiger partial charge is 0.329 e. The fraction of sp³-hybridized carbons (Fsp3) is 1.00. The number of rotatable bonds is 3. The first-order valence-electron chi connectivity index (χ1n) is 7.68. The van der Waals surface area contributed by atoms with E-state index in [9.17, 15) is 0 Å². The van der Waals surface area contributed by atoms with E-state index in [1.807, 2.05) is 0 Å². The summed E-state index contributed by atoms with van der Waals surface area (Å²) >= 11 is 0. The van der Waals surface area contributed by atoms with Crippen molar-refractivity contribution < 1.29 is 0 Å². The summed E-state index contributed by atoms with van der Waals surface area (Å²) in [7, 11) is 0. The quantitative estimate of drug-likeness (QED) is 0.819. The number of piperidine rings is 1. The lowest BCUT2D eigenvalue weighted by molar-refractivity contribution is 0.0606. The van der Waals surface area contributed by atoms with Crippen LogP contribution in [0.2, 0.25) is 0 Å². The maximum atomic E-state index is 5.93. The Labute approximate surface area is 107 Å². The molecule has 1 saturated carbocycles. The summed E-state index contributed by atoms with van der Waals surface area (Å²) in [5.41, 5.74) is 5.93. The van der Waals surface area contributed by atoms with Gasteiger partial charge in [0.2, 0.25) is 0 Å². The maximum absolute atomic E-state index is 5.93. The predicted molar refractivity (Wildman–Crippen MR) is 74.0 cm³/mol. The highest BCUT2D eigenvalue weighted by Gasteiger charge is 2.31. The fourth-order valence-corrected chi connectivity index (χ4v) is 3.86. The molecule has 0 bridgehead atoms. The summed E-state index contributed by atoms with van der Waals surface area (Å²) in [5.74, 6) is 1.86. The van der Waals surface area contributed by atoms with Gasteiger partial charge in [0.05, 0.1) is 0 Å². The van der Waals surface area contributed by atoms with Gasteiger partial charge >= 0.3 is 0 Å². The minimum Gasteiger partial charge on any atom is -0.329 e. The summed E-state index contributed by atoms with van der Waals surface area (Å²) in [4.78, 5) is 2.75. The molecule has 2 N–H and O–H groups in total. The SMILES string of the molecule is CC(C)C1CCC(N2CCCCC2CN)CC1. The first kappa shape index (κ1) is 13.4. The first-order valence-corrected chi connectivity index (χ1v) is 7.68. The average Bonchev–Trinajstić information content (AvgIpc) is 2.39. The summed E-state index contributed by atoms with van der Waals surface area (Å²) in [6.45, 7) is 6.94. The molecule has 1 heterocycles. The monoisotopic (exact) mass is 238 g/mol. The molecule has 17 heavy (non-hydrogen) atoms. The van der Waals surface area contributed by atoms with Crippen LogP contribution in [0.1, 0.15) is 58.8 Å². The van der Waals surface area contributed by atoms with Gasteiger partial charge < -0.3 is 5.73 Å². The third kappa shape index (κ3) is 3.23. The Hall–Kier alpha value is -0.0800. The summed E-state index contributed by atoms with van der Waals surface area (Å²) in [5, 5.41) is 0. The molecular weight excluding hydrogens is 208 g/mol. The zero-order valence-electron chi connectivity index (χ0n) is 11.7. The van der Waals surface area contributed by atoms with Gasteiger partial charge in [-0.25, -0.2) is 0 Å². The van der Waals surface area contributed by atoms with Crippen LogP contribution in [0.5, 0.6) is 0 Å². The van der Waals surface area contributed by atoms with Gasteiger partial charge in [-0.1, -0.05) is 20.3 Å². The topological polar surface area (TPSA) is 29.3 Å². The van der Waals surface area contributed by atoms with Gasteiger partial charge in [-0.2, -0.15) is 0 Å². The molecule has 1 atom stereocenters. The lowest BCUT2D eigenvalue weighted by Crippen LogP contribution is -2.50. The first-order chi connectivity index (χ1) is 8.22. The highest BCUT2D eigenvalue weighted by Crippen LogP contribution is 2.34. The molecule has 2 nitrogen and oxygen atoms in total. The molecule has 0 radical (unpaired) electrons. The summed E-state index contributed by atoms with van der Waals surface area (Å²) < 4.78 is 0. The van der Waals surface area contributed by atoms with Crippen molar-refractivity contribution in [2.24, 2.45) is 17.6 Å². The smallest absolute Gasteiger partial charge is 0.0221 e. The second kappa shape index (κ2) is 6.19. The van der Waals surface area contributed by atoms with Crippen LogP contribution in [0.25, 0.3) is 0 Å². The molecule has 2 aliphatic rings. The zero-order valence-corrected chi connectivity index (χ0v) is 11.7. The third-order valence-electron chi connectivity index (χ3n) is 5.10. The molecule has 0 amide bonds. The van der Waals surface area contributed by atoms with Crippen LogP contribution in [0.15, 0.2) is 0 Å². The van der Waals surface area contributed by atoms with Crippen molar-refractivity contribution in [2.45, 2.75) is 70.9 Å². The Morgan fingerprint density at radius 3 is 2.35 bits per heavy atom. The molecule has 1 aliphatic carbocycles. The van der Waals surface area contributed by atoms with Crippen molar-refractivity contribution in [3.63, 3.8) is 0 Å².